The molecule has 0 amide bonds. The molecule has 1 heterocycles. The van der Waals surface area contributed by atoms with Crippen LogP contribution in [0.25, 0.3) is 0 Å². The monoisotopic (exact) mass is 301 g/mol. The van der Waals surface area contributed by atoms with Crippen molar-refractivity contribution < 1.29 is 4.42 Å². The molecule has 5 heteroatoms. The number of nitrogens with one attached hydrogen (secondary N) is 1. The molecule has 0 aliphatic heterocycles. The number of hydrogen-bond donors (Lipinski definition) is 1. The Labute approximate surface area is 121 Å². The van der Waals surface area contributed by atoms with Crippen molar-refractivity contribution in [3.8, 4) is 0 Å². The third-order valence-corrected chi connectivity index (χ3v) is 4.04. The summed E-state index contributed by atoms with van der Waals surface area (Å²) in [6, 6.07) is 9.35. The summed E-state index contributed by atoms with van der Waals surface area (Å²) < 4.78 is 5.23. The second kappa shape index (κ2) is 7.10. The fraction of sp³-hybridized carbons (Fsp3) is 0.231. The van der Waals surface area contributed by atoms with E-state index in [0.29, 0.717) is 5.02 Å². The van der Waals surface area contributed by atoms with E-state index in [0.717, 1.165) is 34.5 Å². The minimum absolute atomic E-state index is 0.713. The third-order valence-electron chi connectivity index (χ3n) is 2.31. The Hall–Kier alpha value is -0.610. The predicted octanol–water partition coefficient (Wildman–Crippen LogP) is 4.47. The van der Waals surface area contributed by atoms with Gasteiger partial charge in [0.05, 0.1) is 17.8 Å². The molecular weight excluding hydrogens is 289 g/mol. The molecule has 0 bridgehead atoms. The molecule has 0 saturated carbocycles. The van der Waals surface area contributed by atoms with Crippen LogP contribution in [0.2, 0.25) is 10.0 Å². The predicted molar refractivity (Wildman–Crippen MR) is 77.6 cm³/mol. The van der Waals surface area contributed by atoms with Gasteiger partial charge in [0.25, 0.3) is 0 Å². The van der Waals surface area contributed by atoms with Crippen LogP contribution in [-0.2, 0) is 6.54 Å². The highest BCUT2D eigenvalue weighted by molar-refractivity contribution is 7.99. The van der Waals surface area contributed by atoms with Crippen LogP contribution in [0.1, 0.15) is 5.76 Å². The minimum atomic E-state index is 0.713. The van der Waals surface area contributed by atoms with Crippen molar-refractivity contribution in [3.63, 3.8) is 0 Å². The van der Waals surface area contributed by atoms with E-state index in [2.05, 4.69) is 5.32 Å². The van der Waals surface area contributed by atoms with E-state index in [-0.39, 0.29) is 0 Å². The van der Waals surface area contributed by atoms with E-state index in [1.165, 1.54) is 0 Å². The van der Waals surface area contributed by atoms with Crippen molar-refractivity contribution in [2.75, 3.05) is 12.3 Å². The fourth-order valence-corrected chi connectivity index (χ4v) is 2.85. The van der Waals surface area contributed by atoms with E-state index >= 15 is 0 Å². The lowest BCUT2D eigenvalue weighted by Gasteiger charge is -2.05. The van der Waals surface area contributed by atoms with Gasteiger partial charge in [-0.15, -0.1) is 11.8 Å². The summed E-state index contributed by atoms with van der Waals surface area (Å²) in [5.74, 6) is 1.88. The van der Waals surface area contributed by atoms with Gasteiger partial charge in [0.1, 0.15) is 5.76 Å². The zero-order valence-electron chi connectivity index (χ0n) is 9.66. The Morgan fingerprint density at radius 1 is 1.22 bits per heavy atom. The highest BCUT2D eigenvalue weighted by Crippen LogP contribution is 2.29. The summed E-state index contributed by atoms with van der Waals surface area (Å²) in [4.78, 5) is 1.02. The first-order valence-electron chi connectivity index (χ1n) is 5.56. The normalized spacial score (nSPS) is 10.8. The second-order valence-corrected chi connectivity index (χ2v) is 5.66. The minimum Gasteiger partial charge on any atom is -0.468 e. The van der Waals surface area contributed by atoms with Crippen LogP contribution >= 0.6 is 35.0 Å². The average Bonchev–Trinajstić information content (AvgIpc) is 2.86. The van der Waals surface area contributed by atoms with Crippen LogP contribution < -0.4 is 5.32 Å². The summed E-state index contributed by atoms with van der Waals surface area (Å²) in [6.45, 7) is 1.63. The van der Waals surface area contributed by atoms with Crippen LogP contribution in [0.4, 0.5) is 0 Å². The van der Waals surface area contributed by atoms with E-state index in [1.807, 2.05) is 24.3 Å². The van der Waals surface area contributed by atoms with Crippen molar-refractivity contribution in [3.05, 3.63) is 52.4 Å². The first kappa shape index (κ1) is 13.8. The number of thioether (sulfide) groups is 1. The number of halogens is 2. The Kier molecular flexibility index (Phi) is 5.45. The van der Waals surface area contributed by atoms with Crippen LogP contribution in [-0.4, -0.2) is 12.3 Å². The van der Waals surface area contributed by atoms with Crippen LogP contribution in [0.5, 0.6) is 0 Å². The first-order chi connectivity index (χ1) is 8.75. The van der Waals surface area contributed by atoms with Crippen molar-refractivity contribution in [1.29, 1.82) is 0 Å². The summed E-state index contributed by atoms with van der Waals surface area (Å²) in [5.41, 5.74) is 0. The van der Waals surface area contributed by atoms with Crippen LogP contribution in [0.15, 0.2) is 45.9 Å². The first-order valence-corrected chi connectivity index (χ1v) is 7.31. The lowest BCUT2D eigenvalue weighted by atomic mass is 10.4. The summed E-state index contributed by atoms with van der Waals surface area (Å²) in [7, 11) is 0. The summed E-state index contributed by atoms with van der Waals surface area (Å²) >= 11 is 13.7. The molecule has 0 fully saturated rings. The maximum absolute atomic E-state index is 6.08. The van der Waals surface area contributed by atoms with Crippen molar-refractivity contribution in [1.82, 2.24) is 5.32 Å². The lowest BCUT2D eigenvalue weighted by molar-refractivity contribution is 0.488. The topological polar surface area (TPSA) is 25.2 Å². The lowest BCUT2D eigenvalue weighted by Crippen LogP contribution is -2.15. The molecule has 0 spiro atoms. The largest absolute Gasteiger partial charge is 0.468 e. The van der Waals surface area contributed by atoms with Gasteiger partial charge in [-0.25, -0.2) is 0 Å². The van der Waals surface area contributed by atoms with Crippen molar-refractivity contribution in [2.24, 2.45) is 0 Å². The standard InChI is InChI=1S/C13H13Cl2NOS/c14-10-3-4-12(15)13(8-10)18-7-5-16-9-11-2-1-6-17-11/h1-4,6,8,16H,5,7,9H2. The van der Waals surface area contributed by atoms with Crippen molar-refractivity contribution in [2.45, 2.75) is 11.4 Å². The highest BCUT2D eigenvalue weighted by atomic mass is 35.5. The van der Waals surface area contributed by atoms with Crippen LogP contribution in [0, 0.1) is 0 Å². The molecule has 0 saturated heterocycles. The third kappa shape index (κ3) is 4.25. The second-order valence-electron chi connectivity index (χ2n) is 3.68. The van der Waals surface area contributed by atoms with Crippen LogP contribution in [0.3, 0.4) is 0 Å². The van der Waals surface area contributed by atoms with E-state index in [4.69, 9.17) is 27.6 Å². The van der Waals surface area contributed by atoms with Gasteiger partial charge in [0.2, 0.25) is 0 Å². The van der Waals surface area contributed by atoms with E-state index in [1.54, 1.807) is 24.1 Å². The molecule has 1 N–H and O–H groups in total. The van der Waals surface area contributed by atoms with Gasteiger partial charge in [-0.3, -0.25) is 0 Å². The maximum atomic E-state index is 6.08. The number of benzene rings is 1. The molecular formula is C13H13Cl2NOS. The zero-order valence-corrected chi connectivity index (χ0v) is 12.0. The molecule has 1 aromatic carbocycles. The molecule has 1 aromatic heterocycles. The van der Waals surface area contributed by atoms with E-state index in [9.17, 15) is 0 Å². The van der Waals surface area contributed by atoms with Gasteiger partial charge in [-0.05, 0) is 30.3 Å². The molecule has 0 aliphatic carbocycles. The highest BCUT2D eigenvalue weighted by Gasteiger charge is 2.02. The van der Waals surface area contributed by atoms with Gasteiger partial charge in [0, 0.05) is 22.2 Å². The molecule has 2 aromatic rings. The number of furan rings is 1. The summed E-state index contributed by atoms with van der Waals surface area (Å²) in [5, 5.41) is 4.76. The Balaban J connectivity index is 1.70. The molecule has 0 radical (unpaired) electrons. The molecule has 96 valence electrons. The average molecular weight is 302 g/mol. The molecule has 2 rings (SSSR count). The molecule has 0 aliphatic rings. The van der Waals surface area contributed by atoms with Gasteiger partial charge >= 0.3 is 0 Å². The van der Waals surface area contributed by atoms with Crippen molar-refractivity contribution >= 4 is 35.0 Å². The smallest absolute Gasteiger partial charge is 0.117 e. The number of rotatable bonds is 6. The Morgan fingerprint density at radius 2 is 2.11 bits per heavy atom. The molecule has 0 unspecified atom stereocenters. The van der Waals surface area contributed by atoms with Gasteiger partial charge < -0.3 is 9.73 Å². The molecule has 0 atom stereocenters. The number of hydrogen-bond acceptors (Lipinski definition) is 3. The summed E-state index contributed by atoms with van der Waals surface area (Å²) in [6.07, 6.45) is 1.68. The maximum Gasteiger partial charge on any atom is 0.117 e. The zero-order chi connectivity index (χ0) is 12.8. The quantitative estimate of drug-likeness (QED) is 0.629. The SMILES string of the molecule is Clc1ccc(Cl)c(SCCNCc2ccco2)c1. The Bertz CT molecular complexity index is 488. The van der Waals surface area contributed by atoms with Gasteiger partial charge in [-0.1, -0.05) is 23.2 Å². The molecule has 18 heavy (non-hydrogen) atoms. The van der Waals surface area contributed by atoms with Gasteiger partial charge in [0.15, 0.2) is 0 Å². The van der Waals surface area contributed by atoms with Gasteiger partial charge in [-0.2, -0.15) is 0 Å². The molecule has 2 nitrogen and oxygen atoms in total. The fourth-order valence-electron chi connectivity index (χ4n) is 1.45. The Morgan fingerprint density at radius 3 is 2.89 bits per heavy atom. The van der Waals surface area contributed by atoms with E-state index < -0.39 is 0 Å².